The summed E-state index contributed by atoms with van der Waals surface area (Å²) in [6.07, 6.45) is 0. The van der Waals surface area contributed by atoms with Crippen LogP contribution in [0.3, 0.4) is 0 Å². The Bertz CT molecular complexity index is 625. The van der Waals surface area contributed by atoms with Crippen LogP contribution in [-0.4, -0.2) is 13.0 Å². The van der Waals surface area contributed by atoms with Gasteiger partial charge in [0.2, 0.25) is 0 Å². The SMILES string of the molecule is Cc1ccccc1N(C)C(=O)c1ccc(Br)cc1Br. The van der Waals surface area contributed by atoms with Gasteiger partial charge >= 0.3 is 0 Å². The minimum absolute atomic E-state index is 0.0336. The van der Waals surface area contributed by atoms with E-state index in [1.807, 2.05) is 49.4 Å². The number of halogens is 2. The highest BCUT2D eigenvalue weighted by molar-refractivity contribution is 9.11. The van der Waals surface area contributed by atoms with Crippen molar-refractivity contribution in [2.24, 2.45) is 0 Å². The molecule has 0 fully saturated rings. The van der Waals surface area contributed by atoms with Gasteiger partial charge in [0.05, 0.1) is 5.56 Å². The summed E-state index contributed by atoms with van der Waals surface area (Å²) < 4.78 is 1.72. The predicted molar refractivity (Wildman–Crippen MR) is 85.8 cm³/mol. The molecule has 0 aliphatic heterocycles. The molecule has 2 rings (SSSR count). The number of nitrogens with zero attached hydrogens (tertiary/aromatic N) is 1. The van der Waals surface area contributed by atoms with Gasteiger partial charge in [0, 0.05) is 21.7 Å². The summed E-state index contributed by atoms with van der Waals surface area (Å²) in [4.78, 5) is 14.2. The summed E-state index contributed by atoms with van der Waals surface area (Å²) in [7, 11) is 1.79. The van der Waals surface area contributed by atoms with Crippen LogP contribution in [0.2, 0.25) is 0 Å². The van der Waals surface area contributed by atoms with Crippen LogP contribution in [0.15, 0.2) is 51.4 Å². The van der Waals surface area contributed by atoms with Gasteiger partial charge in [-0.2, -0.15) is 0 Å². The van der Waals surface area contributed by atoms with E-state index in [0.29, 0.717) is 5.56 Å². The third kappa shape index (κ3) is 3.07. The van der Waals surface area contributed by atoms with Gasteiger partial charge in [0.15, 0.2) is 0 Å². The molecule has 0 heterocycles. The van der Waals surface area contributed by atoms with E-state index in [-0.39, 0.29) is 5.91 Å². The topological polar surface area (TPSA) is 20.3 Å². The smallest absolute Gasteiger partial charge is 0.259 e. The van der Waals surface area contributed by atoms with E-state index in [4.69, 9.17) is 0 Å². The molecule has 2 nitrogen and oxygen atoms in total. The van der Waals surface area contributed by atoms with Crippen molar-refractivity contribution in [3.8, 4) is 0 Å². The minimum Gasteiger partial charge on any atom is -0.311 e. The average molecular weight is 383 g/mol. The van der Waals surface area contributed by atoms with Crippen molar-refractivity contribution >= 4 is 43.5 Å². The zero-order chi connectivity index (χ0) is 14.0. The van der Waals surface area contributed by atoms with Crippen LogP contribution in [0.1, 0.15) is 15.9 Å². The number of aryl methyl sites for hydroxylation is 1. The lowest BCUT2D eigenvalue weighted by Gasteiger charge is -2.20. The number of anilines is 1. The van der Waals surface area contributed by atoms with E-state index < -0.39 is 0 Å². The van der Waals surface area contributed by atoms with Crippen molar-refractivity contribution in [1.29, 1.82) is 0 Å². The van der Waals surface area contributed by atoms with Crippen LogP contribution in [-0.2, 0) is 0 Å². The fraction of sp³-hybridized carbons (Fsp3) is 0.133. The number of rotatable bonds is 2. The van der Waals surface area contributed by atoms with Crippen molar-refractivity contribution in [2.75, 3.05) is 11.9 Å². The lowest BCUT2D eigenvalue weighted by molar-refractivity contribution is 0.0992. The van der Waals surface area contributed by atoms with Gasteiger partial charge in [-0.3, -0.25) is 4.79 Å². The molecular formula is C15H13Br2NO. The first kappa shape index (κ1) is 14.3. The standard InChI is InChI=1S/C15H13Br2NO/c1-10-5-3-4-6-14(10)18(2)15(19)12-8-7-11(16)9-13(12)17/h3-9H,1-2H3. The molecule has 0 saturated carbocycles. The van der Waals surface area contributed by atoms with Gasteiger partial charge in [-0.25, -0.2) is 0 Å². The summed E-state index contributed by atoms with van der Waals surface area (Å²) in [5.41, 5.74) is 2.64. The highest BCUT2D eigenvalue weighted by atomic mass is 79.9. The molecule has 19 heavy (non-hydrogen) atoms. The number of para-hydroxylation sites is 1. The number of carbonyl (C=O) groups is 1. The first-order chi connectivity index (χ1) is 9.00. The Morgan fingerprint density at radius 2 is 1.79 bits per heavy atom. The van der Waals surface area contributed by atoms with Crippen molar-refractivity contribution in [3.63, 3.8) is 0 Å². The summed E-state index contributed by atoms with van der Waals surface area (Å²) in [6.45, 7) is 2.00. The third-order valence-corrected chi connectivity index (χ3v) is 4.09. The highest BCUT2D eigenvalue weighted by Gasteiger charge is 2.17. The molecule has 4 heteroatoms. The molecule has 0 saturated heterocycles. The van der Waals surface area contributed by atoms with Crippen LogP contribution >= 0.6 is 31.9 Å². The van der Waals surface area contributed by atoms with Crippen molar-refractivity contribution < 1.29 is 4.79 Å². The Labute approximate surface area is 129 Å². The molecule has 0 bridgehead atoms. The van der Waals surface area contributed by atoms with E-state index >= 15 is 0 Å². The van der Waals surface area contributed by atoms with Crippen LogP contribution in [0.25, 0.3) is 0 Å². The molecular weight excluding hydrogens is 370 g/mol. The number of hydrogen-bond acceptors (Lipinski definition) is 1. The second kappa shape index (κ2) is 5.88. The number of amides is 1. The number of hydrogen-bond donors (Lipinski definition) is 0. The second-order valence-electron chi connectivity index (χ2n) is 4.27. The Morgan fingerprint density at radius 1 is 1.11 bits per heavy atom. The summed E-state index contributed by atoms with van der Waals surface area (Å²) in [5, 5.41) is 0. The zero-order valence-corrected chi connectivity index (χ0v) is 13.8. The number of benzene rings is 2. The van der Waals surface area contributed by atoms with E-state index in [9.17, 15) is 4.79 Å². The maximum Gasteiger partial charge on any atom is 0.259 e. The summed E-state index contributed by atoms with van der Waals surface area (Å²) in [5.74, 6) is -0.0336. The molecule has 2 aromatic rings. The third-order valence-electron chi connectivity index (χ3n) is 2.94. The molecule has 98 valence electrons. The van der Waals surface area contributed by atoms with Gasteiger partial charge in [-0.05, 0) is 52.7 Å². The van der Waals surface area contributed by atoms with Crippen molar-refractivity contribution in [1.82, 2.24) is 0 Å². The first-order valence-electron chi connectivity index (χ1n) is 5.79. The summed E-state index contributed by atoms with van der Waals surface area (Å²) >= 11 is 6.81. The summed E-state index contributed by atoms with van der Waals surface area (Å²) in [6, 6.07) is 13.4. The Kier molecular flexibility index (Phi) is 4.42. The van der Waals surface area contributed by atoms with E-state index in [2.05, 4.69) is 31.9 Å². The lowest BCUT2D eigenvalue weighted by Crippen LogP contribution is -2.27. The van der Waals surface area contributed by atoms with Gasteiger partial charge in [-0.15, -0.1) is 0 Å². The molecule has 0 unspecified atom stereocenters. The largest absolute Gasteiger partial charge is 0.311 e. The number of carbonyl (C=O) groups excluding carboxylic acids is 1. The van der Waals surface area contributed by atoms with Gasteiger partial charge < -0.3 is 4.90 Å². The van der Waals surface area contributed by atoms with Crippen molar-refractivity contribution in [3.05, 3.63) is 62.5 Å². The van der Waals surface area contributed by atoms with Gasteiger partial charge in [0.1, 0.15) is 0 Å². The van der Waals surface area contributed by atoms with Crippen LogP contribution in [0.4, 0.5) is 5.69 Å². The van der Waals surface area contributed by atoms with Gasteiger partial charge in [0.25, 0.3) is 5.91 Å². The van der Waals surface area contributed by atoms with E-state index in [1.54, 1.807) is 11.9 Å². The minimum atomic E-state index is -0.0336. The normalized spacial score (nSPS) is 10.3. The molecule has 0 aliphatic carbocycles. The molecule has 0 N–H and O–H groups in total. The van der Waals surface area contributed by atoms with Crippen LogP contribution in [0.5, 0.6) is 0 Å². The van der Waals surface area contributed by atoms with Crippen LogP contribution < -0.4 is 4.90 Å². The first-order valence-corrected chi connectivity index (χ1v) is 7.38. The van der Waals surface area contributed by atoms with Crippen molar-refractivity contribution in [2.45, 2.75) is 6.92 Å². The predicted octanol–water partition coefficient (Wildman–Crippen LogP) is 4.80. The Hall–Kier alpha value is -1.13. The Morgan fingerprint density at radius 3 is 2.42 bits per heavy atom. The van der Waals surface area contributed by atoms with Crippen LogP contribution in [0, 0.1) is 6.92 Å². The molecule has 0 spiro atoms. The van der Waals surface area contributed by atoms with E-state index in [1.165, 1.54) is 0 Å². The van der Waals surface area contributed by atoms with E-state index in [0.717, 1.165) is 20.2 Å². The maximum absolute atomic E-state index is 12.5. The quantitative estimate of drug-likeness (QED) is 0.730. The monoisotopic (exact) mass is 381 g/mol. The molecule has 0 aliphatic rings. The molecule has 0 atom stereocenters. The van der Waals surface area contributed by atoms with Gasteiger partial charge in [-0.1, -0.05) is 34.1 Å². The second-order valence-corrected chi connectivity index (χ2v) is 6.04. The fourth-order valence-electron chi connectivity index (χ4n) is 1.89. The molecule has 1 amide bonds. The Balaban J connectivity index is 2.37. The zero-order valence-electron chi connectivity index (χ0n) is 10.7. The molecule has 2 aromatic carbocycles. The molecule has 0 radical (unpaired) electrons. The maximum atomic E-state index is 12.5. The molecule has 0 aromatic heterocycles. The fourth-order valence-corrected chi connectivity index (χ4v) is 3.11. The lowest BCUT2D eigenvalue weighted by atomic mass is 10.1. The average Bonchev–Trinajstić information content (AvgIpc) is 2.38. The highest BCUT2D eigenvalue weighted by Crippen LogP contribution is 2.26.